The van der Waals surface area contributed by atoms with E-state index in [0.717, 1.165) is 0 Å². The van der Waals surface area contributed by atoms with Crippen LogP contribution in [0.5, 0.6) is 0 Å². The van der Waals surface area contributed by atoms with Crippen LogP contribution in [0.25, 0.3) is 0 Å². The first-order valence-electron chi connectivity index (χ1n) is 8.54. The van der Waals surface area contributed by atoms with Gasteiger partial charge in [-0.25, -0.2) is 4.79 Å². The molecule has 170 valence electrons. The third-order valence-electron chi connectivity index (χ3n) is 3.65. The van der Waals surface area contributed by atoms with Gasteiger partial charge in [0.15, 0.2) is 0 Å². The average Bonchev–Trinajstić information content (AvgIpc) is 2.65. The maximum atomic E-state index is 12.4. The summed E-state index contributed by atoms with van der Waals surface area (Å²) in [5.74, 6) is -6.98. The van der Waals surface area contributed by atoms with Crippen molar-refractivity contribution < 1.29 is 49.2 Å². The molecule has 15 nitrogen and oxygen atoms in total. The van der Waals surface area contributed by atoms with E-state index in [-0.39, 0.29) is 0 Å². The van der Waals surface area contributed by atoms with Gasteiger partial charge in [-0.3, -0.25) is 24.0 Å². The highest BCUT2D eigenvalue weighted by Crippen LogP contribution is 2.01. The number of hydrogen-bond donors (Lipinski definition) is 9. The Morgan fingerprint density at radius 3 is 1.67 bits per heavy atom. The van der Waals surface area contributed by atoms with Crippen LogP contribution < -0.4 is 27.4 Å². The zero-order chi connectivity index (χ0) is 23.4. The number of primary amides is 1. The van der Waals surface area contributed by atoms with E-state index in [2.05, 4.69) is 5.32 Å². The fraction of sp³-hybridized carbons (Fsp3) is 0.600. The number of hydrogen-bond acceptors (Lipinski definition) is 9. The number of nitrogens with one attached hydrogen (secondary N) is 3. The van der Waals surface area contributed by atoms with Gasteiger partial charge in [-0.15, -0.1) is 0 Å². The third-order valence-corrected chi connectivity index (χ3v) is 3.65. The summed E-state index contributed by atoms with van der Waals surface area (Å²) in [7, 11) is 0. The zero-order valence-corrected chi connectivity index (χ0v) is 15.7. The molecule has 0 rings (SSSR count). The molecule has 4 atom stereocenters. The van der Waals surface area contributed by atoms with Gasteiger partial charge in [-0.05, 0) is 6.42 Å². The standard InChI is InChI=1S/C15H25N5O10/c16-6(3-10(17)23)12(26)18-7(1-2-11(24)25)13(27)19-8(4-21)14(28)20-9(5-22)15(29)30/h6-9,21-22H,1-5,16H2,(H2,17,23)(H,18,26)(H,19,27)(H,20,28)(H,24,25)(H,29,30). The molecule has 0 saturated heterocycles. The van der Waals surface area contributed by atoms with Crippen molar-refractivity contribution in [3.63, 3.8) is 0 Å². The van der Waals surface area contributed by atoms with Crippen LogP contribution in [0.1, 0.15) is 19.3 Å². The molecule has 0 aliphatic heterocycles. The zero-order valence-electron chi connectivity index (χ0n) is 15.7. The smallest absolute Gasteiger partial charge is 0.328 e. The summed E-state index contributed by atoms with van der Waals surface area (Å²) in [6, 6.07) is -6.30. The Morgan fingerprint density at radius 1 is 0.767 bits per heavy atom. The largest absolute Gasteiger partial charge is 0.481 e. The minimum Gasteiger partial charge on any atom is -0.481 e. The van der Waals surface area contributed by atoms with Crippen molar-refractivity contribution in [2.45, 2.75) is 43.4 Å². The Labute approximate surface area is 169 Å². The molecule has 0 aromatic rings. The van der Waals surface area contributed by atoms with E-state index in [0.29, 0.717) is 0 Å². The number of carboxylic acids is 2. The molecular weight excluding hydrogens is 410 g/mol. The number of aliphatic carboxylic acids is 2. The first kappa shape index (κ1) is 26.7. The van der Waals surface area contributed by atoms with E-state index in [1.165, 1.54) is 0 Å². The summed E-state index contributed by atoms with van der Waals surface area (Å²) in [4.78, 5) is 68.9. The van der Waals surface area contributed by atoms with E-state index in [4.69, 9.17) is 26.8 Å². The van der Waals surface area contributed by atoms with E-state index >= 15 is 0 Å². The summed E-state index contributed by atoms with van der Waals surface area (Å²) in [6.45, 7) is -1.93. The summed E-state index contributed by atoms with van der Waals surface area (Å²) >= 11 is 0. The molecule has 0 radical (unpaired) electrons. The first-order valence-corrected chi connectivity index (χ1v) is 8.54. The fourth-order valence-electron chi connectivity index (χ4n) is 2.05. The highest BCUT2D eigenvalue weighted by Gasteiger charge is 2.30. The Kier molecular flexibility index (Phi) is 11.6. The van der Waals surface area contributed by atoms with Crippen molar-refractivity contribution in [3.05, 3.63) is 0 Å². The van der Waals surface area contributed by atoms with Gasteiger partial charge in [0.25, 0.3) is 0 Å². The number of rotatable bonds is 14. The lowest BCUT2D eigenvalue weighted by Gasteiger charge is -2.23. The highest BCUT2D eigenvalue weighted by molar-refractivity contribution is 5.95. The molecule has 0 aliphatic rings. The van der Waals surface area contributed by atoms with Gasteiger partial charge in [-0.1, -0.05) is 0 Å². The molecule has 0 bridgehead atoms. The van der Waals surface area contributed by atoms with Crippen LogP contribution >= 0.6 is 0 Å². The van der Waals surface area contributed by atoms with Gasteiger partial charge in [0.1, 0.15) is 18.1 Å². The number of nitrogens with two attached hydrogens (primary N) is 2. The second-order valence-corrected chi connectivity index (χ2v) is 6.10. The van der Waals surface area contributed by atoms with Crippen molar-refractivity contribution in [2.24, 2.45) is 11.5 Å². The molecule has 11 N–H and O–H groups in total. The van der Waals surface area contributed by atoms with Crippen LogP contribution in [0.15, 0.2) is 0 Å². The Balaban J connectivity index is 5.24. The Bertz CT molecular complexity index is 670. The molecule has 0 spiro atoms. The second kappa shape index (κ2) is 13.0. The van der Waals surface area contributed by atoms with Crippen LogP contribution in [-0.4, -0.2) is 93.4 Å². The lowest BCUT2D eigenvalue weighted by atomic mass is 10.1. The van der Waals surface area contributed by atoms with Gasteiger partial charge in [-0.2, -0.15) is 0 Å². The topological polar surface area (TPSA) is 271 Å². The molecule has 0 aliphatic carbocycles. The number of carbonyl (C=O) groups is 6. The van der Waals surface area contributed by atoms with Gasteiger partial charge in [0.05, 0.1) is 25.7 Å². The summed E-state index contributed by atoms with van der Waals surface area (Å²) in [5.41, 5.74) is 10.4. The minimum absolute atomic E-state index is 0.426. The molecule has 0 saturated carbocycles. The van der Waals surface area contributed by atoms with Crippen molar-refractivity contribution in [3.8, 4) is 0 Å². The molecule has 15 heteroatoms. The van der Waals surface area contributed by atoms with E-state index < -0.39 is 92.2 Å². The van der Waals surface area contributed by atoms with E-state index in [1.54, 1.807) is 0 Å². The van der Waals surface area contributed by atoms with Crippen molar-refractivity contribution in [1.82, 2.24) is 16.0 Å². The fourth-order valence-corrected chi connectivity index (χ4v) is 2.05. The van der Waals surface area contributed by atoms with Gasteiger partial charge >= 0.3 is 11.9 Å². The number of aliphatic hydroxyl groups is 2. The summed E-state index contributed by atoms with van der Waals surface area (Å²) < 4.78 is 0. The predicted octanol–water partition coefficient (Wildman–Crippen LogP) is -5.42. The van der Waals surface area contributed by atoms with Crippen LogP contribution in [0, 0.1) is 0 Å². The van der Waals surface area contributed by atoms with Gasteiger partial charge in [0.2, 0.25) is 23.6 Å². The van der Waals surface area contributed by atoms with E-state index in [9.17, 15) is 33.9 Å². The monoisotopic (exact) mass is 435 g/mol. The van der Waals surface area contributed by atoms with Crippen molar-refractivity contribution >= 4 is 35.6 Å². The normalized spacial score (nSPS) is 14.5. The van der Waals surface area contributed by atoms with Crippen LogP contribution in [0.3, 0.4) is 0 Å². The maximum Gasteiger partial charge on any atom is 0.328 e. The minimum atomic E-state index is -1.70. The summed E-state index contributed by atoms with van der Waals surface area (Å²) in [6.07, 6.45) is -1.53. The van der Waals surface area contributed by atoms with Gasteiger partial charge in [0, 0.05) is 6.42 Å². The average molecular weight is 435 g/mol. The number of amides is 4. The van der Waals surface area contributed by atoms with Crippen LogP contribution in [0.4, 0.5) is 0 Å². The molecule has 4 unspecified atom stereocenters. The quantitative estimate of drug-likeness (QED) is 0.124. The van der Waals surface area contributed by atoms with Crippen LogP contribution in [-0.2, 0) is 28.8 Å². The maximum absolute atomic E-state index is 12.4. The van der Waals surface area contributed by atoms with E-state index in [1.807, 2.05) is 10.6 Å². The third kappa shape index (κ3) is 9.76. The lowest BCUT2D eigenvalue weighted by molar-refractivity contribution is -0.143. The molecule has 0 aromatic carbocycles. The Hall–Kier alpha value is -3.30. The highest BCUT2D eigenvalue weighted by atomic mass is 16.4. The number of carbonyl (C=O) groups excluding carboxylic acids is 4. The molecule has 0 heterocycles. The van der Waals surface area contributed by atoms with Gasteiger partial charge < -0.3 is 47.8 Å². The molecule has 4 amide bonds. The molecule has 0 fully saturated rings. The number of carboxylic acid groups (broad SMARTS) is 2. The molecule has 30 heavy (non-hydrogen) atoms. The lowest BCUT2D eigenvalue weighted by Crippen LogP contribution is -2.58. The van der Waals surface area contributed by atoms with Crippen molar-refractivity contribution in [1.29, 1.82) is 0 Å². The van der Waals surface area contributed by atoms with Crippen LogP contribution in [0.2, 0.25) is 0 Å². The summed E-state index contributed by atoms with van der Waals surface area (Å²) in [5, 5.41) is 41.8. The number of aliphatic hydroxyl groups excluding tert-OH is 2. The predicted molar refractivity (Wildman–Crippen MR) is 96.3 cm³/mol. The first-order chi connectivity index (χ1) is 13.9. The SMILES string of the molecule is NC(=O)CC(N)C(=O)NC(CCC(=O)O)C(=O)NC(CO)C(=O)NC(CO)C(=O)O. The second-order valence-electron chi connectivity index (χ2n) is 6.10. The van der Waals surface area contributed by atoms with Crippen molar-refractivity contribution in [2.75, 3.05) is 13.2 Å². The molecular formula is C15H25N5O10. The molecule has 0 aromatic heterocycles. The Morgan fingerprint density at radius 2 is 1.23 bits per heavy atom.